The molecule has 0 aliphatic carbocycles. The summed E-state index contributed by atoms with van der Waals surface area (Å²) in [6.45, 7) is 6.99. The van der Waals surface area contributed by atoms with E-state index in [1.807, 2.05) is 22.9 Å². The van der Waals surface area contributed by atoms with Gasteiger partial charge in [-0.3, -0.25) is 9.69 Å². The lowest BCUT2D eigenvalue weighted by molar-refractivity contribution is -0.119. The first-order chi connectivity index (χ1) is 12.7. The molecule has 1 aromatic carbocycles. The van der Waals surface area contributed by atoms with Crippen molar-refractivity contribution in [3.05, 3.63) is 48.5 Å². The molecule has 6 heteroatoms. The van der Waals surface area contributed by atoms with Crippen molar-refractivity contribution in [3.63, 3.8) is 0 Å². The highest BCUT2D eigenvalue weighted by atomic mass is 16.5. The highest BCUT2D eigenvalue weighted by molar-refractivity contribution is 5.72. The van der Waals surface area contributed by atoms with Crippen molar-refractivity contribution < 1.29 is 9.53 Å². The maximum absolute atomic E-state index is 11.0. The predicted octanol–water partition coefficient (Wildman–Crippen LogP) is 2.31. The van der Waals surface area contributed by atoms with Gasteiger partial charge in [-0.25, -0.2) is 4.98 Å². The molecule has 3 rings (SSSR count). The van der Waals surface area contributed by atoms with E-state index >= 15 is 0 Å². The summed E-state index contributed by atoms with van der Waals surface area (Å²) in [7, 11) is 0. The van der Waals surface area contributed by atoms with Crippen LogP contribution in [0.1, 0.15) is 25.3 Å². The molecule has 0 bridgehead atoms. The summed E-state index contributed by atoms with van der Waals surface area (Å²) in [4.78, 5) is 17.5. The number of amides is 1. The van der Waals surface area contributed by atoms with E-state index in [0.29, 0.717) is 12.5 Å². The summed E-state index contributed by atoms with van der Waals surface area (Å²) in [5, 5.41) is 2.94. The first kappa shape index (κ1) is 18.5. The number of hydrogen-bond acceptors (Lipinski definition) is 4. The first-order valence-electron chi connectivity index (χ1n) is 9.33. The molecule has 140 valence electrons. The van der Waals surface area contributed by atoms with Gasteiger partial charge in [0.2, 0.25) is 5.91 Å². The maximum Gasteiger partial charge on any atom is 0.216 e. The smallest absolute Gasteiger partial charge is 0.216 e. The van der Waals surface area contributed by atoms with Gasteiger partial charge in [-0.15, -0.1) is 0 Å². The molecule has 0 spiro atoms. The van der Waals surface area contributed by atoms with E-state index in [1.54, 1.807) is 19.4 Å². The second-order valence-corrected chi connectivity index (χ2v) is 6.95. The Labute approximate surface area is 155 Å². The van der Waals surface area contributed by atoms with Crippen molar-refractivity contribution in [2.45, 2.75) is 32.9 Å². The number of likely N-dealkylation sites (tertiary alicyclic amines) is 1. The number of carbonyl (C=O) groups excluding carboxylic acids is 1. The number of aromatic nitrogens is 2. The van der Waals surface area contributed by atoms with Gasteiger partial charge in [0, 0.05) is 32.4 Å². The molecule has 2 heterocycles. The molecule has 1 saturated heterocycles. The molecule has 1 aliphatic heterocycles. The van der Waals surface area contributed by atoms with Crippen molar-refractivity contribution in [1.82, 2.24) is 19.8 Å². The fourth-order valence-corrected chi connectivity index (χ4v) is 3.27. The molecule has 6 nitrogen and oxygen atoms in total. The van der Waals surface area contributed by atoms with Crippen molar-refractivity contribution >= 4 is 5.91 Å². The number of rotatable bonds is 8. The minimum Gasteiger partial charge on any atom is -0.492 e. The molecular formula is C20H28N4O2. The summed E-state index contributed by atoms with van der Waals surface area (Å²) in [6.07, 6.45) is 7.81. The van der Waals surface area contributed by atoms with Crippen LogP contribution < -0.4 is 10.1 Å². The van der Waals surface area contributed by atoms with Crippen molar-refractivity contribution in [2.75, 3.05) is 26.2 Å². The maximum atomic E-state index is 11.0. The number of carbonyl (C=O) groups is 1. The highest BCUT2D eigenvalue weighted by Crippen LogP contribution is 2.19. The SMILES string of the molecule is CC(=O)NCC1CCN(Cc2ccc(OCCn3ccnc3)cc2)CC1. The van der Waals surface area contributed by atoms with Gasteiger partial charge < -0.3 is 14.6 Å². The predicted molar refractivity (Wildman–Crippen MR) is 101 cm³/mol. The topological polar surface area (TPSA) is 59.4 Å². The van der Waals surface area contributed by atoms with Crippen LogP contribution in [0.3, 0.4) is 0 Å². The molecule has 0 unspecified atom stereocenters. The van der Waals surface area contributed by atoms with Crippen molar-refractivity contribution in [2.24, 2.45) is 5.92 Å². The van der Waals surface area contributed by atoms with Gasteiger partial charge in [0.15, 0.2) is 0 Å². The van der Waals surface area contributed by atoms with Gasteiger partial charge in [-0.1, -0.05) is 12.1 Å². The van der Waals surface area contributed by atoms with Crippen molar-refractivity contribution in [3.8, 4) is 5.75 Å². The van der Waals surface area contributed by atoms with Gasteiger partial charge in [0.1, 0.15) is 12.4 Å². The number of nitrogens with zero attached hydrogens (tertiary/aromatic N) is 3. The zero-order valence-corrected chi connectivity index (χ0v) is 15.4. The number of benzene rings is 1. The van der Waals surface area contributed by atoms with Crippen LogP contribution in [0.4, 0.5) is 0 Å². The lowest BCUT2D eigenvalue weighted by Crippen LogP contribution is -2.37. The van der Waals surface area contributed by atoms with Gasteiger partial charge in [-0.05, 0) is 49.5 Å². The lowest BCUT2D eigenvalue weighted by atomic mass is 9.96. The fraction of sp³-hybridized carbons (Fsp3) is 0.500. The molecule has 0 atom stereocenters. The Morgan fingerprint density at radius 3 is 2.69 bits per heavy atom. The summed E-state index contributed by atoms with van der Waals surface area (Å²) < 4.78 is 7.79. The van der Waals surface area contributed by atoms with E-state index in [9.17, 15) is 4.79 Å². The van der Waals surface area contributed by atoms with Crippen LogP contribution in [0.15, 0.2) is 43.0 Å². The van der Waals surface area contributed by atoms with Crippen LogP contribution in [0.25, 0.3) is 0 Å². The molecule has 26 heavy (non-hydrogen) atoms. The minimum atomic E-state index is 0.0692. The summed E-state index contributed by atoms with van der Waals surface area (Å²) >= 11 is 0. The largest absolute Gasteiger partial charge is 0.492 e. The van der Waals surface area contributed by atoms with Gasteiger partial charge >= 0.3 is 0 Å². The standard InChI is InChI=1S/C20H28N4O2/c1-17(25)22-14-18-6-9-23(10-7-18)15-19-2-4-20(5-3-19)26-13-12-24-11-8-21-16-24/h2-5,8,11,16,18H,6-7,9-10,12-15H2,1H3,(H,22,25). The van der Waals surface area contributed by atoms with Crippen LogP contribution in [0.2, 0.25) is 0 Å². The third kappa shape index (κ3) is 5.88. The Hall–Kier alpha value is -2.34. The molecular weight excluding hydrogens is 328 g/mol. The second kappa shape index (κ2) is 9.38. The van der Waals surface area contributed by atoms with Crippen LogP contribution in [0, 0.1) is 5.92 Å². The molecule has 0 saturated carbocycles. The normalized spacial score (nSPS) is 15.7. The van der Waals surface area contributed by atoms with E-state index in [0.717, 1.165) is 51.3 Å². The average molecular weight is 356 g/mol. The minimum absolute atomic E-state index is 0.0692. The average Bonchev–Trinajstić information content (AvgIpc) is 3.16. The molecule has 0 radical (unpaired) electrons. The van der Waals surface area contributed by atoms with Crippen LogP contribution >= 0.6 is 0 Å². The molecule has 1 aliphatic rings. The van der Waals surface area contributed by atoms with E-state index in [2.05, 4.69) is 27.3 Å². The fourth-order valence-electron chi connectivity index (χ4n) is 3.27. The van der Waals surface area contributed by atoms with E-state index < -0.39 is 0 Å². The zero-order valence-electron chi connectivity index (χ0n) is 15.4. The van der Waals surface area contributed by atoms with Crippen molar-refractivity contribution in [1.29, 1.82) is 0 Å². The third-order valence-electron chi connectivity index (χ3n) is 4.85. The lowest BCUT2D eigenvalue weighted by Gasteiger charge is -2.32. The summed E-state index contributed by atoms with van der Waals surface area (Å²) in [5.74, 6) is 1.59. The van der Waals surface area contributed by atoms with Crippen LogP contribution in [-0.2, 0) is 17.9 Å². The number of nitrogens with one attached hydrogen (secondary N) is 1. The molecule has 1 amide bonds. The number of ether oxygens (including phenoxy) is 1. The Balaban J connectivity index is 1.37. The summed E-state index contributed by atoms with van der Waals surface area (Å²) in [6, 6.07) is 8.39. The number of hydrogen-bond donors (Lipinski definition) is 1. The number of imidazole rings is 1. The second-order valence-electron chi connectivity index (χ2n) is 6.95. The van der Waals surface area contributed by atoms with Crippen LogP contribution in [-0.4, -0.2) is 46.6 Å². The third-order valence-corrected chi connectivity index (χ3v) is 4.85. The Kier molecular flexibility index (Phi) is 6.66. The summed E-state index contributed by atoms with van der Waals surface area (Å²) in [5.41, 5.74) is 1.31. The van der Waals surface area contributed by atoms with Gasteiger partial charge in [0.05, 0.1) is 12.9 Å². The number of piperidine rings is 1. The molecule has 1 N–H and O–H groups in total. The van der Waals surface area contributed by atoms with Gasteiger partial charge in [-0.2, -0.15) is 0 Å². The zero-order chi connectivity index (χ0) is 18.2. The monoisotopic (exact) mass is 356 g/mol. The molecule has 1 aromatic heterocycles. The van der Waals surface area contributed by atoms with E-state index in [4.69, 9.17) is 4.74 Å². The Morgan fingerprint density at radius 2 is 2.04 bits per heavy atom. The van der Waals surface area contributed by atoms with E-state index in [-0.39, 0.29) is 5.91 Å². The van der Waals surface area contributed by atoms with Crippen LogP contribution in [0.5, 0.6) is 5.75 Å². The first-order valence-corrected chi connectivity index (χ1v) is 9.33. The highest BCUT2D eigenvalue weighted by Gasteiger charge is 2.19. The van der Waals surface area contributed by atoms with Gasteiger partial charge in [0.25, 0.3) is 0 Å². The quantitative estimate of drug-likeness (QED) is 0.789. The Morgan fingerprint density at radius 1 is 1.27 bits per heavy atom. The van der Waals surface area contributed by atoms with E-state index in [1.165, 1.54) is 5.56 Å². The Bertz CT molecular complexity index is 662. The molecule has 2 aromatic rings. The molecule has 1 fully saturated rings.